The van der Waals surface area contributed by atoms with Gasteiger partial charge in [0.15, 0.2) is 0 Å². The number of aromatic nitrogens is 1. The highest BCUT2D eigenvalue weighted by atomic mass is 35.5. The van der Waals surface area contributed by atoms with E-state index in [2.05, 4.69) is 0 Å². The number of aryl methyl sites for hydroxylation is 1. The lowest BCUT2D eigenvalue weighted by Gasteiger charge is -2.18. The highest BCUT2D eigenvalue weighted by molar-refractivity contribution is 6.35. The molecule has 1 aromatic carbocycles. The SMILES string of the molecule is CN(CCC[C@@H]1CCCO1)C(=O)c1cc2c(Cl)cccc2n1C. The molecule has 2 aromatic rings. The maximum atomic E-state index is 12.7. The van der Waals surface area contributed by atoms with Crippen molar-refractivity contribution < 1.29 is 9.53 Å². The molecule has 3 rings (SSSR count). The Morgan fingerprint density at radius 3 is 3.00 bits per heavy atom. The minimum absolute atomic E-state index is 0.0344. The number of carbonyl (C=O) groups excluding carboxylic acids is 1. The van der Waals surface area contributed by atoms with Crippen molar-refractivity contribution in [2.45, 2.75) is 31.8 Å². The van der Waals surface area contributed by atoms with Crippen molar-refractivity contribution in [3.63, 3.8) is 0 Å². The van der Waals surface area contributed by atoms with Crippen LogP contribution in [0.2, 0.25) is 5.02 Å². The predicted molar refractivity (Wildman–Crippen MR) is 93.1 cm³/mol. The molecule has 124 valence electrons. The summed E-state index contributed by atoms with van der Waals surface area (Å²) in [6.45, 7) is 1.63. The van der Waals surface area contributed by atoms with Crippen LogP contribution in [-0.4, -0.2) is 41.7 Å². The van der Waals surface area contributed by atoms with Crippen molar-refractivity contribution in [3.05, 3.63) is 35.0 Å². The Morgan fingerprint density at radius 1 is 1.48 bits per heavy atom. The maximum Gasteiger partial charge on any atom is 0.270 e. The van der Waals surface area contributed by atoms with Crippen molar-refractivity contribution in [3.8, 4) is 0 Å². The molecule has 0 N–H and O–H groups in total. The van der Waals surface area contributed by atoms with E-state index in [1.165, 1.54) is 0 Å². The topological polar surface area (TPSA) is 34.5 Å². The molecule has 2 heterocycles. The van der Waals surface area contributed by atoms with Crippen molar-refractivity contribution in [2.24, 2.45) is 7.05 Å². The number of rotatable bonds is 5. The molecule has 0 unspecified atom stereocenters. The number of halogens is 1. The number of hydrogen-bond donors (Lipinski definition) is 0. The third-order valence-electron chi connectivity index (χ3n) is 4.64. The monoisotopic (exact) mass is 334 g/mol. The number of amides is 1. The van der Waals surface area contributed by atoms with E-state index < -0.39 is 0 Å². The summed E-state index contributed by atoms with van der Waals surface area (Å²) in [6.07, 6.45) is 4.70. The van der Waals surface area contributed by atoms with Crippen molar-refractivity contribution >= 4 is 28.4 Å². The first-order valence-corrected chi connectivity index (χ1v) is 8.56. The first kappa shape index (κ1) is 16.3. The van der Waals surface area contributed by atoms with Gasteiger partial charge in [-0.2, -0.15) is 0 Å². The van der Waals surface area contributed by atoms with Crippen LogP contribution >= 0.6 is 11.6 Å². The summed E-state index contributed by atoms with van der Waals surface area (Å²) < 4.78 is 7.55. The van der Waals surface area contributed by atoms with Gasteiger partial charge in [-0.15, -0.1) is 0 Å². The average Bonchev–Trinajstić information content (AvgIpc) is 3.16. The van der Waals surface area contributed by atoms with Crippen LogP contribution in [0, 0.1) is 0 Å². The Kier molecular flexibility index (Phi) is 4.93. The van der Waals surface area contributed by atoms with Crippen molar-refractivity contribution in [1.29, 1.82) is 0 Å². The number of benzene rings is 1. The molecular formula is C18H23ClN2O2. The van der Waals surface area contributed by atoms with Gasteiger partial charge in [0.2, 0.25) is 0 Å². The van der Waals surface area contributed by atoms with Gasteiger partial charge in [0.25, 0.3) is 5.91 Å². The Morgan fingerprint density at radius 2 is 2.30 bits per heavy atom. The Balaban J connectivity index is 1.67. The molecule has 23 heavy (non-hydrogen) atoms. The Labute approximate surface area is 142 Å². The van der Waals surface area contributed by atoms with Gasteiger partial charge in [-0.1, -0.05) is 17.7 Å². The van der Waals surface area contributed by atoms with Gasteiger partial charge in [-0.3, -0.25) is 4.79 Å². The van der Waals surface area contributed by atoms with Crippen molar-refractivity contribution in [2.75, 3.05) is 20.2 Å². The summed E-state index contributed by atoms with van der Waals surface area (Å²) in [4.78, 5) is 14.5. The summed E-state index contributed by atoms with van der Waals surface area (Å²) in [6, 6.07) is 7.62. The lowest BCUT2D eigenvalue weighted by molar-refractivity contribution is 0.0755. The summed E-state index contributed by atoms with van der Waals surface area (Å²) in [5, 5.41) is 1.60. The molecule has 0 aliphatic carbocycles. The Bertz CT molecular complexity index is 704. The molecule has 5 heteroatoms. The number of carbonyl (C=O) groups is 1. The fraction of sp³-hybridized carbons (Fsp3) is 0.500. The predicted octanol–water partition coefficient (Wildman–Crippen LogP) is 3.86. The quantitative estimate of drug-likeness (QED) is 0.832. The van der Waals surface area contributed by atoms with E-state index in [4.69, 9.17) is 16.3 Å². The van der Waals surface area contributed by atoms with Gasteiger partial charge in [0, 0.05) is 43.2 Å². The fourth-order valence-corrected chi connectivity index (χ4v) is 3.48. The highest BCUT2D eigenvalue weighted by Crippen LogP contribution is 2.26. The second kappa shape index (κ2) is 6.93. The van der Waals surface area contributed by atoms with Crippen LogP contribution in [0.5, 0.6) is 0 Å². The average molecular weight is 335 g/mol. The second-order valence-electron chi connectivity index (χ2n) is 6.27. The fourth-order valence-electron chi connectivity index (χ4n) is 3.25. The molecule has 1 aromatic heterocycles. The first-order valence-electron chi connectivity index (χ1n) is 8.19. The van der Waals surface area contributed by atoms with E-state index in [0.717, 1.165) is 49.7 Å². The van der Waals surface area contributed by atoms with E-state index in [-0.39, 0.29) is 5.91 Å². The minimum Gasteiger partial charge on any atom is -0.378 e. The lowest BCUT2D eigenvalue weighted by Crippen LogP contribution is -2.29. The first-order chi connectivity index (χ1) is 11.1. The number of fused-ring (bicyclic) bond motifs is 1. The van der Waals surface area contributed by atoms with E-state index >= 15 is 0 Å². The maximum absolute atomic E-state index is 12.7. The van der Waals surface area contributed by atoms with Gasteiger partial charge in [-0.25, -0.2) is 0 Å². The molecule has 0 radical (unpaired) electrons. The molecule has 1 fully saturated rings. The van der Waals surface area contributed by atoms with Crippen LogP contribution in [0.15, 0.2) is 24.3 Å². The largest absolute Gasteiger partial charge is 0.378 e. The zero-order chi connectivity index (χ0) is 16.4. The molecule has 1 aliphatic heterocycles. The van der Waals surface area contributed by atoms with E-state index in [0.29, 0.717) is 16.8 Å². The molecule has 0 spiro atoms. The van der Waals surface area contributed by atoms with E-state index in [1.807, 2.05) is 42.9 Å². The van der Waals surface area contributed by atoms with Gasteiger partial charge >= 0.3 is 0 Å². The molecule has 4 nitrogen and oxygen atoms in total. The third kappa shape index (κ3) is 3.38. The zero-order valence-electron chi connectivity index (χ0n) is 13.7. The number of ether oxygens (including phenoxy) is 1. The van der Waals surface area contributed by atoms with Crippen LogP contribution in [0.25, 0.3) is 10.9 Å². The smallest absolute Gasteiger partial charge is 0.270 e. The molecular weight excluding hydrogens is 312 g/mol. The van der Waals surface area contributed by atoms with E-state index in [1.54, 1.807) is 4.90 Å². The van der Waals surface area contributed by atoms with Crippen LogP contribution < -0.4 is 0 Å². The molecule has 0 bridgehead atoms. The van der Waals surface area contributed by atoms with Gasteiger partial charge in [0.1, 0.15) is 5.69 Å². The highest BCUT2D eigenvalue weighted by Gasteiger charge is 2.19. The summed E-state index contributed by atoms with van der Waals surface area (Å²) in [7, 11) is 3.77. The minimum atomic E-state index is 0.0344. The molecule has 1 atom stereocenters. The molecule has 1 aliphatic rings. The van der Waals surface area contributed by atoms with Gasteiger partial charge in [-0.05, 0) is 43.9 Å². The standard InChI is InChI=1S/C18H23ClN2O2/c1-20(10-4-6-13-7-5-11-23-13)18(22)17-12-14-15(19)8-3-9-16(14)21(17)2/h3,8-9,12-13H,4-7,10-11H2,1-2H3/t13-/m1/s1. The summed E-state index contributed by atoms with van der Waals surface area (Å²) in [5.74, 6) is 0.0344. The van der Waals surface area contributed by atoms with Crippen LogP contribution in [0.3, 0.4) is 0 Å². The zero-order valence-corrected chi connectivity index (χ0v) is 14.5. The lowest BCUT2D eigenvalue weighted by atomic mass is 10.1. The molecule has 0 saturated carbocycles. The summed E-state index contributed by atoms with van der Waals surface area (Å²) >= 11 is 6.23. The third-order valence-corrected chi connectivity index (χ3v) is 4.97. The number of nitrogens with zero attached hydrogens (tertiary/aromatic N) is 2. The molecule has 1 amide bonds. The second-order valence-corrected chi connectivity index (χ2v) is 6.67. The normalized spacial score (nSPS) is 17.8. The van der Waals surface area contributed by atoms with Crippen LogP contribution in [0.1, 0.15) is 36.2 Å². The van der Waals surface area contributed by atoms with Crippen LogP contribution in [-0.2, 0) is 11.8 Å². The van der Waals surface area contributed by atoms with Crippen LogP contribution in [0.4, 0.5) is 0 Å². The summed E-state index contributed by atoms with van der Waals surface area (Å²) in [5.41, 5.74) is 1.65. The van der Waals surface area contributed by atoms with Gasteiger partial charge < -0.3 is 14.2 Å². The Hall–Kier alpha value is -1.52. The van der Waals surface area contributed by atoms with E-state index in [9.17, 15) is 4.79 Å². The molecule has 1 saturated heterocycles. The van der Waals surface area contributed by atoms with Gasteiger partial charge in [0.05, 0.1) is 6.10 Å². The van der Waals surface area contributed by atoms with Crippen molar-refractivity contribution in [1.82, 2.24) is 9.47 Å². The number of hydrogen-bond acceptors (Lipinski definition) is 2.